The van der Waals surface area contributed by atoms with Crippen molar-refractivity contribution >= 4 is 50.6 Å². The Morgan fingerprint density at radius 2 is 1.61 bits per heavy atom. The molecule has 6 aromatic rings. The van der Waals surface area contributed by atoms with Crippen molar-refractivity contribution < 1.29 is 21.1 Å². The molecule has 0 saturated heterocycles. The summed E-state index contributed by atoms with van der Waals surface area (Å²) in [6.07, 6.45) is 1.84. The molecule has 6 heteroatoms. The van der Waals surface area contributed by atoms with E-state index < -0.39 is 0 Å². The van der Waals surface area contributed by atoms with E-state index in [1.54, 1.807) is 11.8 Å². The zero-order chi connectivity index (χ0) is 24.8. The van der Waals surface area contributed by atoms with E-state index >= 15 is 0 Å². The van der Waals surface area contributed by atoms with Crippen LogP contribution >= 0.6 is 11.8 Å². The van der Waals surface area contributed by atoms with E-state index in [9.17, 15) is 0 Å². The molecule has 0 spiro atoms. The molecule has 3 heterocycles. The summed E-state index contributed by atoms with van der Waals surface area (Å²) >= 11 is 1.78. The molecule has 190 valence electrons. The zero-order valence-electron chi connectivity index (χ0n) is 20.6. The van der Waals surface area contributed by atoms with Gasteiger partial charge in [0, 0.05) is 44.2 Å². The van der Waals surface area contributed by atoms with Crippen LogP contribution in [-0.2, 0) is 26.8 Å². The van der Waals surface area contributed by atoms with Gasteiger partial charge in [-0.15, -0.1) is 22.0 Å². The van der Waals surface area contributed by atoms with Crippen LogP contribution in [0.25, 0.3) is 27.6 Å². The number of nitrogens with zero attached hydrogens (tertiary/aromatic N) is 4. The number of rotatable bonds is 5. The third-order valence-corrected chi connectivity index (χ3v) is 7.73. The minimum atomic E-state index is 0. The molecular weight excluding hydrogens is 668 g/mol. The number of anilines is 3. The van der Waals surface area contributed by atoms with E-state index in [0.29, 0.717) is 0 Å². The summed E-state index contributed by atoms with van der Waals surface area (Å²) < 4.78 is 2.21. The van der Waals surface area contributed by atoms with Crippen molar-refractivity contribution in [2.75, 3.05) is 16.8 Å². The fraction of sp³-hybridized carbons (Fsp3) is 0.0625. The van der Waals surface area contributed by atoms with Crippen molar-refractivity contribution in [3.05, 3.63) is 128 Å². The summed E-state index contributed by atoms with van der Waals surface area (Å²) in [4.78, 5) is 10.1. The Balaban J connectivity index is 0.00000264. The molecule has 38 heavy (non-hydrogen) atoms. The zero-order valence-corrected chi connectivity index (χ0v) is 23.7. The summed E-state index contributed by atoms with van der Waals surface area (Å²) in [5.41, 5.74) is 6.76. The molecule has 4 aromatic carbocycles. The van der Waals surface area contributed by atoms with Crippen molar-refractivity contribution in [3.8, 4) is 5.82 Å². The second-order valence-electron chi connectivity index (χ2n) is 9.06. The van der Waals surface area contributed by atoms with Gasteiger partial charge in [0.25, 0.3) is 0 Å². The minimum Gasteiger partial charge on any atom is -0.504 e. The van der Waals surface area contributed by atoms with Crippen molar-refractivity contribution in [1.82, 2.24) is 9.55 Å². The Labute approximate surface area is 241 Å². The first-order valence-corrected chi connectivity index (χ1v) is 13.2. The molecule has 1 aliphatic heterocycles. The first-order chi connectivity index (χ1) is 18.3. The van der Waals surface area contributed by atoms with Gasteiger partial charge in [-0.1, -0.05) is 41.9 Å². The van der Waals surface area contributed by atoms with E-state index in [4.69, 9.17) is 0 Å². The smallest absolute Gasteiger partial charge is 0.135 e. The van der Waals surface area contributed by atoms with Gasteiger partial charge in [0.2, 0.25) is 0 Å². The first kappa shape index (κ1) is 24.8. The van der Waals surface area contributed by atoms with Crippen molar-refractivity contribution in [2.45, 2.75) is 10.6 Å². The predicted molar refractivity (Wildman–Crippen MR) is 154 cm³/mol. The number of hydrogen-bond donors (Lipinski definition) is 0. The molecule has 0 atom stereocenters. The topological polar surface area (TPSA) is 24.3 Å². The molecule has 0 bridgehead atoms. The number of thioether (sulfide) groups is 1. The van der Waals surface area contributed by atoms with Gasteiger partial charge in [0.15, 0.2) is 0 Å². The average Bonchev–Trinajstić information content (AvgIpc) is 3.47. The third kappa shape index (κ3) is 4.30. The maximum Gasteiger partial charge on any atom is 0.135 e. The number of aromatic nitrogens is 2. The number of pyridine rings is 1. The predicted octanol–water partition coefficient (Wildman–Crippen LogP) is 7.78. The molecular formula is C32H23N4PtS-3. The summed E-state index contributed by atoms with van der Waals surface area (Å²) in [5, 5.41) is 2.40. The first-order valence-electron chi connectivity index (χ1n) is 12.2. The Morgan fingerprint density at radius 1 is 0.789 bits per heavy atom. The number of benzene rings is 4. The Kier molecular flexibility index (Phi) is 6.73. The molecule has 0 radical (unpaired) electrons. The largest absolute Gasteiger partial charge is 0.504 e. The van der Waals surface area contributed by atoms with Crippen LogP contribution in [0, 0.1) is 18.8 Å². The normalized spacial score (nSPS) is 12.7. The van der Waals surface area contributed by atoms with Crippen LogP contribution in [0.1, 0.15) is 5.56 Å². The maximum atomic E-state index is 4.63. The summed E-state index contributed by atoms with van der Waals surface area (Å²) in [6.45, 7) is 2.12. The van der Waals surface area contributed by atoms with Crippen LogP contribution < -0.4 is 9.80 Å². The summed E-state index contributed by atoms with van der Waals surface area (Å²) in [5.74, 6) is 1.71. The summed E-state index contributed by atoms with van der Waals surface area (Å²) in [6, 6.07) is 41.0. The third-order valence-electron chi connectivity index (χ3n) is 6.73. The molecule has 0 aliphatic carbocycles. The van der Waals surface area contributed by atoms with Crippen LogP contribution in [0.4, 0.5) is 17.1 Å². The standard InChI is InChI=1S/C32H23N4S.Pt/c1-34-22-35(30-14-5-4-13-29(30)34)24-10-8-9-23(19-24)21-37-25-16-17-27-26-11-2-3-12-28(26)36(31(27)20-25)32-15-6-7-18-33-32;/h2-18,22H,21H2,1H3;/q-3;. The van der Waals surface area contributed by atoms with Crippen molar-refractivity contribution in [2.24, 2.45) is 0 Å². The Bertz CT molecular complexity index is 1750. The monoisotopic (exact) mass is 690 g/mol. The van der Waals surface area contributed by atoms with E-state index in [-0.39, 0.29) is 21.1 Å². The Morgan fingerprint density at radius 3 is 2.47 bits per heavy atom. The van der Waals surface area contributed by atoms with E-state index in [1.807, 2.05) is 24.4 Å². The van der Waals surface area contributed by atoms with Crippen LogP contribution in [0.15, 0.2) is 108 Å². The van der Waals surface area contributed by atoms with E-state index in [1.165, 1.54) is 22.1 Å². The van der Waals surface area contributed by atoms with Crippen molar-refractivity contribution in [1.29, 1.82) is 0 Å². The van der Waals surface area contributed by atoms with E-state index in [0.717, 1.165) is 38.8 Å². The fourth-order valence-corrected chi connectivity index (χ4v) is 5.83. The van der Waals surface area contributed by atoms with Crippen LogP contribution in [0.5, 0.6) is 0 Å². The van der Waals surface area contributed by atoms with Crippen LogP contribution in [0.3, 0.4) is 0 Å². The molecule has 2 aromatic heterocycles. The molecule has 1 aliphatic rings. The SMILES string of the molecule is CN1[CH-]N(c2[c-]c(CSc3[c-]c4c(cc3)c3ccccc3n4-c3ccccn3)ccc2)c2ccccc21.[Pt]. The van der Waals surface area contributed by atoms with Gasteiger partial charge >= 0.3 is 0 Å². The number of fused-ring (bicyclic) bond motifs is 4. The minimum absolute atomic E-state index is 0. The van der Waals surface area contributed by atoms with Gasteiger partial charge < -0.3 is 14.4 Å². The average molecular weight is 691 g/mol. The molecule has 0 amide bonds. The molecule has 4 nitrogen and oxygen atoms in total. The molecule has 0 fully saturated rings. The van der Waals surface area contributed by atoms with Gasteiger partial charge in [0.1, 0.15) is 5.82 Å². The van der Waals surface area contributed by atoms with Crippen LogP contribution in [0.2, 0.25) is 0 Å². The second kappa shape index (κ2) is 10.3. The molecule has 0 saturated carbocycles. The fourth-order valence-electron chi connectivity index (χ4n) is 5.02. The molecule has 7 rings (SSSR count). The van der Waals surface area contributed by atoms with Gasteiger partial charge in [-0.25, -0.2) is 4.98 Å². The maximum absolute atomic E-state index is 4.63. The van der Waals surface area contributed by atoms with Gasteiger partial charge in [0.05, 0.1) is 0 Å². The van der Waals surface area contributed by atoms with Gasteiger partial charge in [-0.2, -0.15) is 60.4 Å². The van der Waals surface area contributed by atoms with Crippen molar-refractivity contribution in [3.63, 3.8) is 0 Å². The van der Waals surface area contributed by atoms with Crippen LogP contribution in [-0.4, -0.2) is 16.6 Å². The van der Waals surface area contributed by atoms with Gasteiger partial charge in [-0.05, 0) is 48.5 Å². The Hall–Kier alpha value is -3.53. The number of para-hydroxylation sites is 3. The number of hydrogen-bond acceptors (Lipinski definition) is 4. The molecule has 0 unspecified atom stereocenters. The quantitative estimate of drug-likeness (QED) is 0.136. The van der Waals surface area contributed by atoms with Gasteiger partial charge in [-0.3, -0.25) is 0 Å². The molecule has 0 N–H and O–H groups in total. The second-order valence-corrected chi connectivity index (χ2v) is 10.1. The summed E-state index contributed by atoms with van der Waals surface area (Å²) in [7, 11) is 2.08. The van der Waals surface area contributed by atoms with E-state index in [2.05, 4.69) is 124 Å².